The minimum Gasteiger partial charge on any atom is -0.493 e. The number of hydrogen-bond acceptors (Lipinski definition) is 3. The maximum absolute atomic E-state index is 5.78. The van der Waals surface area contributed by atoms with Crippen molar-refractivity contribution in [1.29, 1.82) is 0 Å². The third-order valence-corrected chi connectivity index (χ3v) is 3.43. The van der Waals surface area contributed by atoms with Crippen LogP contribution in [0.25, 0.3) is 0 Å². The number of halogens is 1. The Balaban J connectivity index is 2.06. The van der Waals surface area contributed by atoms with Crippen LogP contribution in [0.2, 0.25) is 0 Å². The zero-order valence-electron chi connectivity index (χ0n) is 11.1. The molecule has 0 saturated heterocycles. The Bertz CT molecular complexity index is 540. The summed E-state index contributed by atoms with van der Waals surface area (Å²) in [6, 6.07) is 5.92. The summed E-state index contributed by atoms with van der Waals surface area (Å²) in [5.74, 6) is 1.50. The van der Waals surface area contributed by atoms with Crippen LogP contribution in [0.5, 0.6) is 11.5 Å². The van der Waals surface area contributed by atoms with Gasteiger partial charge in [0.15, 0.2) is 11.5 Å². The van der Waals surface area contributed by atoms with Crippen molar-refractivity contribution in [3.8, 4) is 11.5 Å². The molecular formula is C14H17BrN2O2. The van der Waals surface area contributed by atoms with Gasteiger partial charge in [0, 0.05) is 23.6 Å². The van der Waals surface area contributed by atoms with Crippen molar-refractivity contribution in [2.45, 2.75) is 25.4 Å². The maximum atomic E-state index is 5.78. The fourth-order valence-electron chi connectivity index (χ4n) is 1.73. The summed E-state index contributed by atoms with van der Waals surface area (Å²) in [6.07, 6.45) is 3.81. The second-order valence-corrected chi connectivity index (χ2v) is 4.67. The number of methoxy groups -OCH3 is 1. The summed E-state index contributed by atoms with van der Waals surface area (Å²) in [6.45, 7) is 3.41. The molecular weight excluding hydrogens is 308 g/mol. The molecule has 0 spiro atoms. The molecule has 1 aromatic carbocycles. The van der Waals surface area contributed by atoms with Gasteiger partial charge < -0.3 is 9.47 Å². The van der Waals surface area contributed by atoms with E-state index in [2.05, 4.69) is 28.0 Å². The van der Waals surface area contributed by atoms with Gasteiger partial charge in [-0.25, -0.2) is 0 Å². The van der Waals surface area contributed by atoms with E-state index < -0.39 is 0 Å². The number of ether oxygens (including phenoxy) is 2. The number of alkyl halides is 1. The van der Waals surface area contributed by atoms with E-state index in [1.807, 2.05) is 35.3 Å². The lowest BCUT2D eigenvalue weighted by molar-refractivity contribution is 0.284. The van der Waals surface area contributed by atoms with E-state index in [0.29, 0.717) is 6.61 Å². The largest absolute Gasteiger partial charge is 0.493 e. The Morgan fingerprint density at radius 1 is 1.26 bits per heavy atom. The Morgan fingerprint density at radius 3 is 2.74 bits per heavy atom. The molecule has 102 valence electrons. The predicted octanol–water partition coefficient (Wildman–Crippen LogP) is 3.39. The van der Waals surface area contributed by atoms with Crippen LogP contribution in [0.1, 0.15) is 18.1 Å². The molecule has 1 heterocycles. The van der Waals surface area contributed by atoms with Crippen LogP contribution in [-0.2, 0) is 18.5 Å². The second kappa shape index (κ2) is 6.61. The molecule has 1 aromatic heterocycles. The summed E-state index contributed by atoms with van der Waals surface area (Å²) >= 11 is 3.42. The summed E-state index contributed by atoms with van der Waals surface area (Å²) in [7, 11) is 1.65. The number of nitrogens with zero attached hydrogens (tertiary/aromatic N) is 2. The van der Waals surface area contributed by atoms with Crippen LogP contribution in [0.15, 0.2) is 30.6 Å². The van der Waals surface area contributed by atoms with Crippen molar-refractivity contribution in [2.24, 2.45) is 0 Å². The van der Waals surface area contributed by atoms with Crippen molar-refractivity contribution >= 4 is 15.9 Å². The average Bonchev–Trinajstić information content (AvgIpc) is 2.92. The molecule has 2 rings (SSSR count). The molecule has 2 aromatic rings. The van der Waals surface area contributed by atoms with Gasteiger partial charge in [0.25, 0.3) is 0 Å². The molecule has 0 aliphatic rings. The third-order valence-electron chi connectivity index (χ3n) is 2.79. The van der Waals surface area contributed by atoms with Gasteiger partial charge in [-0.2, -0.15) is 5.10 Å². The van der Waals surface area contributed by atoms with Crippen molar-refractivity contribution in [2.75, 3.05) is 7.11 Å². The van der Waals surface area contributed by atoms with Gasteiger partial charge in [0.05, 0.1) is 13.3 Å². The molecule has 0 N–H and O–H groups in total. The van der Waals surface area contributed by atoms with E-state index in [-0.39, 0.29) is 0 Å². The lowest BCUT2D eigenvalue weighted by Crippen LogP contribution is -1.98. The highest BCUT2D eigenvalue weighted by atomic mass is 79.9. The molecule has 19 heavy (non-hydrogen) atoms. The summed E-state index contributed by atoms with van der Waals surface area (Å²) in [5.41, 5.74) is 2.21. The van der Waals surface area contributed by atoms with Crippen molar-refractivity contribution < 1.29 is 9.47 Å². The van der Waals surface area contributed by atoms with Crippen LogP contribution in [0.4, 0.5) is 0 Å². The van der Waals surface area contributed by atoms with E-state index in [9.17, 15) is 0 Å². The van der Waals surface area contributed by atoms with E-state index >= 15 is 0 Å². The molecule has 0 radical (unpaired) electrons. The SMILES string of the molecule is CCn1cc(COc2ccc(CBr)cc2OC)cn1. The first kappa shape index (κ1) is 13.9. The van der Waals surface area contributed by atoms with E-state index in [1.54, 1.807) is 7.11 Å². The minimum absolute atomic E-state index is 0.490. The van der Waals surface area contributed by atoms with Crippen LogP contribution >= 0.6 is 15.9 Å². The van der Waals surface area contributed by atoms with Gasteiger partial charge in [-0.05, 0) is 24.6 Å². The molecule has 0 atom stereocenters. The fourth-order valence-corrected chi connectivity index (χ4v) is 2.08. The molecule has 0 fully saturated rings. The van der Waals surface area contributed by atoms with Crippen LogP contribution < -0.4 is 9.47 Å². The zero-order valence-corrected chi connectivity index (χ0v) is 12.7. The van der Waals surface area contributed by atoms with Crippen molar-refractivity contribution in [1.82, 2.24) is 9.78 Å². The molecule has 0 amide bonds. The Kier molecular flexibility index (Phi) is 4.85. The van der Waals surface area contributed by atoms with Crippen molar-refractivity contribution in [3.63, 3.8) is 0 Å². The highest BCUT2D eigenvalue weighted by Crippen LogP contribution is 2.29. The number of rotatable bonds is 6. The first-order chi connectivity index (χ1) is 9.26. The molecule has 5 heteroatoms. The summed E-state index contributed by atoms with van der Waals surface area (Å²) in [4.78, 5) is 0. The Morgan fingerprint density at radius 2 is 2.11 bits per heavy atom. The topological polar surface area (TPSA) is 36.3 Å². The van der Waals surface area contributed by atoms with Crippen molar-refractivity contribution in [3.05, 3.63) is 41.7 Å². The molecule has 4 nitrogen and oxygen atoms in total. The zero-order chi connectivity index (χ0) is 13.7. The normalized spacial score (nSPS) is 10.5. The number of hydrogen-bond donors (Lipinski definition) is 0. The monoisotopic (exact) mass is 324 g/mol. The molecule has 0 saturated carbocycles. The quantitative estimate of drug-likeness (QED) is 0.764. The average molecular weight is 325 g/mol. The van der Waals surface area contributed by atoms with E-state index in [4.69, 9.17) is 9.47 Å². The standard InChI is InChI=1S/C14H17BrN2O2/c1-3-17-9-12(8-16-17)10-19-13-5-4-11(7-15)6-14(13)18-2/h4-6,8-9H,3,7,10H2,1-2H3. The van der Waals surface area contributed by atoms with Gasteiger partial charge in [-0.15, -0.1) is 0 Å². The highest BCUT2D eigenvalue weighted by Gasteiger charge is 2.06. The fraction of sp³-hybridized carbons (Fsp3) is 0.357. The number of aromatic nitrogens is 2. The third kappa shape index (κ3) is 3.50. The number of benzene rings is 1. The van der Waals surface area contributed by atoms with Crippen LogP contribution in [-0.4, -0.2) is 16.9 Å². The summed E-state index contributed by atoms with van der Waals surface area (Å²) in [5, 5.41) is 5.01. The lowest BCUT2D eigenvalue weighted by atomic mass is 10.2. The van der Waals surface area contributed by atoms with Gasteiger partial charge in [0.1, 0.15) is 6.61 Å². The lowest BCUT2D eigenvalue weighted by Gasteiger charge is -2.10. The molecule has 0 aliphatic carbocycles. The molecule has 0 aliphatic heterocycles. The van der Waals surface area contributed by atoms with Crippen LogP contribution in [0, 0.1) is 0 Å². The maximum Gasteiger partial charge on any atom is 0.161 e. The van der Waals surface area contributed by atoms with Crippen LogP contribution in [0.3, 0.4) is 0 Å². The first-order valence-corrected chi connectivity index (χ1v) is 7.26. The highest BCUT2D eigenvalue weighted by molar-refractivity contribution is 9.08. The smallest absolute Gasteiger partial charge is 0.161 e. The van der Waals surface area contributed by atoms with E-state index in [1.165, 1.54) is 0 Å². The second-order valence-electron chi connectivity index (χ2n) is 4.11. The van der Waals surface area contributed by atoms with E-state index in [0.717, 1.165) is 34.5 Å². The van der Waals surface area contributed by atoms with Gasteiger partial charge in [0.2, 0.25) is 0 Å². The van der Waals surface area contributed by atoms with Gasteiger partial charge >= 0.3 is 0 Å². The predicted molar refractivity (Wildman–Crippen MR) is 77.9 cm³/mol. The Labute approximate surface area is 121 Å². The number of aryl methyl sites for hydroxylation is 1. The molecule has 0 unspecified atom stereocenters. The van der Waals surface area contributed by atoms with Gasteiger partial charge in [-0.1, -0.05) is 22.0 Å². The summed E-state index contributed by atoms with van der Waals surface area (Å²) < 4.78 is 13.0. The van der Waals surface area contributed by atoms with Gasteiger partial charge in [-0.3, -0.25) is 4.68 Å². The Hall–Kier alpha value is -1.49. The first-order valence-electron chi connectivity index (χ1n) is 6.13. The molecule has 0 bridgehead atoms. The minimum atomic E-state index is 0.490.